The van der Waals surface area contributed by atoms with Crippen molar-refractivity contribution in [2.45, 2.75) is 32.9 Å². The Bertz CT molecular complexity index is 425. The molecular weight excluding hydrogens is 243 g/mol. The molecule has 0 aromatic heterocycles. The molecule has 1 saturated heterocycles. The van der Waals surface area contributed by atoms with Crippen molar-refractivity contribution in [3.8, 4) is 0 Å². The fourth-order valence-electron chi connectivity index (χ4n) is 2.82. The summed E-state index contributed by atoms with van der Waals surface area (Å²) in [4.78, 5) is 2.22. The zero-order valence-electron chi connectivity index (χ0n) is 11.7. The maximum Gasteiger partial charge on any atom is 0.123 e. The molecule has 1 heterocycles. The zero-order valence-corrected chi connectivity index (χ0v) is 11.7. The number of anilines is 1. The molecule has 2 N–H and O–H groups in total. The van der Waals surface area contributed by atoms with Gasteiger partial charge < -0.3 is 15.3 Å². The summed E-state index contributed by atoms with van der Waals surface area (Å²) < 4.78 is 13.4. The Morgan fingerprint density at radius 1 is 1.47 bits per heavy atom. The van der Waals surface area contributed by atoms with Crippen LogP contribution in [0, 0.1) is 11.7 Å². The normalized spacial score (nSPS) is 23.1. The molecular formula is C15H23FN2O. The van der Waals surface area contributed by atoms with Gasteiger partial charge in [0.2, 0.25) is 0 Å². The van der Waals surface area contributed by atoms with Crippen LogP contribution in [0.3, 0.4) is 0 Å². The van der Waals surface area contributed by atoms with Crippen molar-refractivity contribution in [2.75, 3.05) is 24.6 Å². The molecule has 0 bridgehead atoms. The van der Waals surface area contributed by atoms with E-state index in [1.807, 2.05) is 13.0 Å². The minimum absolute atomic E-state index is 0.144. The molecule has 0 saturated carbocycles. The lowest BCUT2D eigenvalue weighted by Crippen LogP contribution is -2.36. The molecule has 0 spiro atoms. The van der Waals surface area contributed by atoms with Gasteiger partial charge in [0.25, 0.3) is 0 Å². The van der Waals surface area contributed by atoms with Gasteiger partial charge in [0, 0.05) is 18.8 Å². The molecule has 0 radical (unpaired) electrons. The molecule has 2 unspecified atom stereocenters. The second-order valence-electron chi connectivity index (χ2n) is 5.26. The SMILES string of the molecule is CCNCc1cc(F)ccc1N1CCC(C)C1CO. The fourth-order valence-corrected chi connectivity index (χ4v) is 2.82. The van der Waals surface area contributed by atoms with E-state index in [9.17, 15) is 9.50 Å². The number of nitrogens with one attached hydrogen (secondary N) is 1. The molecule has 3 nitrogen and oxygen atoms in total. The Morgan fingerprint density at radius 2 is 2.26 bits per heavy atom. The van der Waals surface area contributed by atoms with Crippen molar-refractivity contribution in [1.29, 1.82) is 0 Å². The molecule has 1 aromatic rings. The molecule has 0 aliphatic carbocycles. The third-order valence-electron chi connectivity index (χ3n) is 3.99. The average Bonchev–Trinajstić information content (AvgIpc) is 2.77. The van der Waals surface area contributed by atoms with Crippen LogP contribution in [0.25, 0.3) is 0 Å². The Balaban J connectivity index is 2.27. The Hall–Kier alpha value is -1.13. The average molecular weight is 266 g/mol. The van der Waals surface area contributed by atoms with E-state index < -0.39 is 0 Å². The van der Waals surface area contributed by atoms with Crippen molar-refractivity contribution < 1.29 is 9.50 Å². The van der Waals surface area contributed by atoms with Gasteiger partial charge >= 0.3 is 0 Å². The van der Waals surface area contributed by atoms with Gasteiger partial charge in [-0.2, -0.15) is 0 Å². The number of benzene rings is 1. The van der Waals surface area contributed by atoms with Crippen molar-refractivity contribution in [2.24, 2.45) is 5.92 Å². The van der Waals surface area contributed by atoms with E-state index >= 15 is 0 Å². The first kappa shape index (κ1) is 14.3. The molecule has 0 amide bonds. The number of hydrogen-bond donors (Lipinski definition) is 2. The summed E-state index contributed by atoms with van der Waals surface area (Å²) in [6.45, 7) is 6.79. The lowest BCUT2D eigenvalue weighted by Gasteiger charge is -2.29. The second kappa shape index (κ2) is 6.35. The monoisotopic (exact) mass is 266 g/mol. The van der Waals surface area contributed by atoms with Crippen LogP contribution in [-0.2, 0) is 6.54 Å². The van der Waals surface area contributed by atoms with E-state index in [0.29, 0.717) is 12.5 Å². The molecule has 1 aliphatic heterocycles. The molecule has 1 aromatic carbocycles. The predicted molar refractivity (Wildman–Crippen MR) is 75.8 cm³/mol. The highest BCUT2D eigenvalue weighted by Crippen LogP contribution is 2.32. The van der Waals surface area contributed by atoms with Crippen molar-refractivity contribution in [3.05, 3.63) is 29.6 Å². The summed E-state index contributed by atoms with van der Waals surface area (Å²) in [6.07, 6.45) is 1.07. The maximum atomic E-state index is 13.4. The highest BCUT2D eigenvalue weighted by atomic mass is 19.1. The lowest BCUT2D eigenvalue weighted by atomic mass is 10.0. The molecule has 2 rings (SSSR count). The van der Waals surface area contributed by atoms with Crippen LogP contribution in [0.1, 0.15) is 25.8 Å². The van der Waals surface area contributed by atoms with E-state index in [1.165, 1.54) is 6.07 Å². The first-order chi connectivity index (χ1) is 9.17. The van der Waals surface area contributed by atoms with Gasteiger partial charge in [-0.25, -0.2) is 4.39 Å². The van der Waals surface area contributed by atoms with Crippen LogP contribution in [0.15, 0.2) is 18.2 Å². The second-order valence-corrected chi connectivity index (χ2v) is 5.26. The van der Waals surface area contributed by atoms with Crippen LogP contribution in [0.2, 0.25) is 0 Å². The molecule has 1 aliphatic rings. The summed E-state index contributed by atoms with van der Waals surface area (Å²) in [5, 5.41) is 12.8. The standard InChI is InChI=1S/C15H23FN2O/c1-3-17-9-12-8-13(16)4-5-14(12)18-7-6-11(2)15(18)10-19/h4-5,8,11,15,17,19H,3,6-7,9-10H2,1-2H3. The van der Waals surface area contributed by atoms with Gasteiger partial charge in [0.05, 0.1) is 12.6 Å². The van der Waals surface area contributed by atoms with Gasteiger partial charge in [-0.3, -0.25) is 0 Å². The molecule has 19 heavy (non-hydrogen) atoms. The number of rotatable bonds is 5. The van der Waals surface area contributed by atoms with Crippen LogP contribution in [0.4, 0.5) is 10.1 Å². The number of nitrogens with zero attached hydrogens (tertiary/aromatic N) is 1. The lowest BCUT2D eigenvalue weighted by molar-refractivity contribution is 0.244. The number of hydrogen-bond acceptors (Lipinski definition) is 3. The summed E-state index contributed by atoms with van der Waals surface area (Å²) >= 11 is 0. The maximum absolute atomic E-state index is 13.4. The van der Waals surface area contributed by atoms with E-state index in [2.05, 4.69) is 17.1 Å². The zero-order chi connectivity index (χ0) is 13.8. The van der Waals surface area contributed by atoms with E-state index in [4.69, 9.17) is 0 Å². The Morgan fingerprint density at radius 3 is 2.95 bits per heavy atom. The number of aliphatic hydroxyl groups is 1. The van der Waals surface area contributed by atoms with Crippen LogP contribution >= 0.6 is 0 Å². The van der Waals surface area contributed by atoms with Gasteiger partial charge in [0.15, 0.2) is 0 Å². The molecule has 1 fully saturated rings. The summed E-state index contributed by atoms with van der Waals surface area (Å²) in [6, 6.07) is 5.08. The van der Waals surface area contributed by atoms with Gasteiger partial charge in [0.1, 0.15) is 5.82 Å². The minimum atomic E-state index is -0.204. The van der Waals surface area contributed by atoms with Crippen molar-refractivity contribution in [1.82, 2.24) is 5.32 Å². The quantitative estimate of drug-likeness (QED) is 0.857. The summed E-state index contributed by atoms with van der Waals surface area (Å²) in [5.74, 6) is 0.270. The van der Waals surface area contributed by atoms with E-state index in [-0.39, 0.29) is 18.5 Å². The van der Waals surface area contributed by atoms with Gasteiger partial charge in [-0.05, 0) is 42.6 Å². The predicted octanol–water partition coefficient (Wildman–Crippen LogP) is 2.14. The van der Waals surface area contributed by atoms with Crippen LogP contribution in [0.5, 0.6) is 0 Å². The Labute approximate surface area is 114 Å². The summed E-state index contributed by atoms with van der Waals surface area (Å²) in [7, 11) is 0. The largest absolute Gasteiger partial charge is 0.394 e. The first-order valence-corrected chi connectivity index (χ1v) is 7.04. The highest BCUT2D eigenvalue weighted by Gasteiger charge is 2.31. The third kappa shape index (κ3) is 3.07. The van der Waals surface area contributed by atoms with Crippen LogP contribution < -0.4 is 10.2 Å². The fraction of sp³-hybridized carbons (Fsp3) is 0.600. The highest BCUT2D eigenvalue weighted by molar-refractivity contribution is 5.55. The third-order valence-corrected chi connectivity index (χ3v) is 3.99. The van der Waals surface area contributed by atoms with Gasteiger partial charge in [-0.1, -0.05) is 13.8 Å². The first-order valence-electron chi connectivity index (χ1n) is 7.04. The van der Waals surface area contributed by atoms with E-state index in [1.54, 1.807) is 6.07 Å². The number of halogens is 1. The smallest absolute Gasteiger partial charge is 0.123 e. The number of aliphatic hydroxyl groups excluding tert-OH is 1. The van der Waals surface area contributed by atoms with E-state index in [0.717, 1.165) is 30.8 Å². The van der Waals surface area contributed by atoms with Crippen molar-refractivity contribution >= 4 is 5.69 Å². The molecule has 106 valence electrons. The van der Waals surface area contributed by atoms with Gasteiger partial charge in [-0.15, -0.1) is 0 Å². The summed E-state index contributed by atoms with van der Waals surface area (Å²) in [5.41, 5.74) is 2.01. The van der Waals surface area contributed by atoms with Crippen LogP contribution in [-0.4, -0.2) is 30.8 Å². The van der Waals surface area contributed by atoms with Crippen molar-refractivity contribution in [3.63, 3.8) is 0 Å². The Kier molecular flexibility index (Phi) is 4.77. The molecule has 2 atom stereocenters. The molecule has 4 heteroatoms. The minimum Gasteiger partial charge on any atom is -0.394 e. The topological polar surface area (TPSA) is 35.5 Å².